The number of nitrogens with one attached hydrogen (secondary N) is 1. The van der Waals surface area contributed by atoms with E-state index in [9.17, 15) is 0 Å². The molecule has 1 aliphatic heterocycles. The van der Waals surface area contributed by atoms with Gasteiger partial charge in [-0.3, -0.25) is 0 Å². The molecular weight excluding hydrogens is 154 g/mol. The summed E-state index contributed by atoms with van der Waals surface area (Å²) in [7, 11) is 0. The lowest BCUT2D eigenvalue weighted by Gasteiger charge is -2.13. The van der Waals surface area contributed by atoms with Crippen LogP contribution < -0.4 is 5.43 Å². The summed E-state index contributed by atoms with van der Waals surface area (Å²) in [4.78, 5) is 0. The molecule has 0 aromatic carbocycles. The zero-order valence-corrected chi connectivity index (χ0v) is 7.05. The summed E-state index contributed by atoms with van der Waals surface area (Å²) in [6.45, 7) is 2.19. The molecule has 0 bridgehead atoms. The summed E-state index contributed by atoms with van der Waals surface area (Å²) in [6, 6.07) is 2.05. The van der Waals surface area contributed by atoms with Crippen molar-refractivity contribution < 1.29 is 4.74 Å². The molecule has 4 heteroatoms. The van der Waals surface area contributed by atoms with Crippen LogP contribution in [0.25, 0.3) is 0 Å². The number of nitrogens with zero attached hydrogens (tertiary/aromatic N) is 2. The molecule has 4 nitrogen and oxygen atoms in total. The van der Waals surface area contributed by atoms with Gasteiger partial charge in [0.25, 0.3) is 0 Å². The van der Waals surface area contributed by atoms with Crippen LogP contribution in [0.5, 0.6) is 0 Å². The fraction of sp³-hybridized carbons (Fsp3) is 0.750. The lowest BCUT2D eigenvalue weighted by atomic mass is 10.2. The zero-order chi connectivity index (χ0) is 8.65. The molecule has 0 atom stereocenters. The van der Waals surface area contributed by atoms with E-state index in [0.717, 1.165) is 31.8 Å². The Labute approximate surface area is 72.2 Å². The lowest BCUT2D eigenvalue weighted by molar-refractivity contribution is 0.134. The van der Waals surface area contributed by atoms with Crippen LogP contribution in [-0.4, -0.2) is 25.5 Å². The van der Waals surface area contributed by atoms with Gasteiger partial charge in [-0.05, 0) is 0 Å². The maximum absolute atomic E-state index is 8.24. The normalized spacial score (nSPS) is 16.8. The summed E-state index contributed by atoms with van der Waals surface area (Å²) < 4.78 is 5.17. The van der Waals surface area contributed by atoms with E-state index < -0.39 is 0 Å². The van der Waals surface area contributed by atoms with Gasteiger partial charge in [0.1, 0.15) is 0 Å². The zero-order valence-electron chi connectivity index (χ0n) is 7.05. The Morgan fingerprint density at radius 2 is 2.25 bits per heavy atom. The second kappa shape index (κ2) is 5.56. The molecule has 12 heavy (non-hydrogen) atoms. The van der Waals surface area contributed by atoms with E-state index in [1.165, 1.54) is 0 Å². The largest absolute Gasteiger partial charge is 0.381 e. The average Bonchev–Trinajstić information content (AvgIpc) is 2.14. The second-order valence-electron chi connectivity index (χ2n) is 2.61. The van der Waals surface area contributed by atoms with E-state index in [4.69, 9.17) is 10.00 Å². The first kappa shape index (κ1) is 9.01. The molecule has 0 aromatic rings. The summed E-state index contributed by atoms with van der Waals surface area (Å²) in [5.74, 6) is 0. The van der Waals surface area contributed by atoms with Crippen molar-refractivity contribution in [1.29, 1.82) is 5.26 Å². The van der Waals surface area contributed by atoms with Crippen molar-refractivity contribution in [3.8, 4) is 6.07 Å². The Balaban J connectivity index is 2.13. The second-order valence-corrected chi connectivity index (χ2v) is 2.61. The van der Waals surface area contributed by atoms with Gasteiger partial charge in [0, 0.05) is 25.1 Å². The maximum Gasteiger partial charge on any atom is 0.0640 e. The summed E-state index contributed by atoms with van der Waals surface area (Å²) in [5.41, 5.74) is 4.02. The van der Waals surface area contributed by atoms with Crippen LogP contribution in [0.1, 0.15) is 19.3 Å². The van der Waals surface area contributed by atoms with Crippen LogP contribution in [0.4, 0.5) is 0 Å². The van der Waals surface area contributed by atoms with Gasteiger partial charge in [-0.25, -0.2) is 0 Å². The SMILES string of the molecule is N#CCCNN=C1CCOCC1. The Morgan fingerprint density at radius 3 is 2.92 bits per heavy atom. The standard InChI is InChI=1S/C8H13N3O/c9-4-1-5-10-11-8-2-6-12-7-3-8/h10H,1-3,5-7H2. The first-order chi connectivity index (χ1) is 5.93. The molecule has 1 rings (SSSR count). The summed E-state index contributed by atoms with van der Waals surface area (Å²) in [6.07, 6.45) is 2.34. The van der Waals surface area contributed by atoms with Crippen molar-refractivity contribution in [3.05, 3.63) is 0 Å². The molecule has 1 heterocycles. The maximum atomic E-state index is 8.24. The predicted octanol–water partition coefficient (Wildman–Crippen LogP) is 0.656. The van der Waals surface area contributed by atoms with Gasteiger partial charge in [-0.15, -0.1) is 0 Å². The third-order valence-electron chi connectivity index (χ3n) is 1.66. The smallest absolute Gasteiger partial charge is 0.0640 e. The van der Waals surface area contributed by atoms with Crippen LogP contribution in [-0.2, 0) is 4.74 Å². The number of rotatable bonds is 3. The van der Waals surface area contributed by atoms with Crippen molar-refractivity contribution >= 4 is 5.71 Å². The van der Waals surface area contributed by atoms with Crippen molar-refractivity contribution in [1.82, 2.24) is 5.43 Å². The van der Waals surface area contributed by atoms with Crippen LogP contribution in [0.15, 0.2) is 5.10 Å². The van der Waals surface area contributed by atoms with E-state index in [1.807, 2.05) is 6.07 Å². The summed E-state index contributed by atoms with van der Waals surface area (Å²) in [5, 5.41) is 12.4. The van der Waals surface area contributed by atoms with Crippen molar-refractivity contribution in [2.45, 2.75) is 19.3 Å². The van der Waals surface area contributed by atoms with Gasteiger partial charge >= 0.3 is 0 Å². The van der Waals surface area contributed by atoms with Gasteiger partial charge in [0.2, 0.25) is 0 Å². The number of hydrogen-bond donors (Lipinski definition) is 1. The number of nitriles is 1. The van der Waals surface area contributed by atoms with Crippen LogP contribution in [0, 0.1) is 11.3 Å². The van der Waals surface area contributed by atoms with Crippen molar-refractivity contribution in [2.75, 3.05) is 19.8 Å². The van der Waals surface area contributed by atoms with Gasteiger partial charge in [-0.2, -0.15) is 10.4 Å². The van der Waals surface area contributed by atoms with Crippen LogP contribution in [0.2, 0.25) is 0 Å². The minimum Gasteiger partial charge on any atom is -0.381 e. The molecule has 1 fully saturated rings. The van der Waals surface area contributed by atoms with E-state index >= 15 is 0 Å². The molecule has 0 saturated carbocycles. The Bertz CT molecular complexity index is 187. The van der Waals surface area contributed by atoms with E-state index in [2.05, 4.69) is 10.5 Å². The third kappa shape index (κ3) is 3.35. The van der Waals surface area contributed by atoms with Gasteiger partial charge < -0.3 is 10.2 Å². The van der Waals surface area contributed by atoms with Crippen molar-refractivity contribution in [3.63, 3.8) is 0 Å². The average molecular weight is 167 g/mol. The van der Waals surface area contributed by atoms with E-state index in [1.54, 1.807) is 0 Å². The molecule has 0 aliphatic carbocycles. The van der Waals surface area contributed by atoms with E-state index in [0.29, 0.717) is 13.0 Å². The molecule has 0 aromatic heterocycles. The Morgan fingerprint density at radius 1 is 1.50 bits per heavy atom. The first-order valence-electron chi connectivity index (χ1n) is 4.16. The van der Waals surface area contributed by atoms with Gasteiger partial charge in [0.05, 0.1) is 25.7 Å². The summed E-state index contributed by atoms with van der Waals surface area (Å²) >= 11 is 0. The monoisotopic (exact) mass is 167 g/mol. The molecule has 0 radical (unpaired) electrons. The topological polar surface area (TPSA) is 57.4 Å². The molecule has 1 aliphatic rings. The number of hydrazone groups is 1. The molecule has 0 spiro atoms. The van der Waals surface area contributed by atoms with Gasteiger partial charge in [0.15, 0.2) is 0 Å². The molecule has 0 unspecified atom stereocenters. The van der Waals surface area contributed by atoms with Gasteiger partial charge in [-0.1, -0.05) is 0 Å². The highest BCUT2D eigenvalue weighted by Crippen LogP contribution is 2.01. The molecule has 1 saturated heterocycles. The lowest BCUT2D eigenvalue weighted by Crippen LogP contribution is -2.19. The number of ether oxygens (including phenoxy) is 1. The van der Waals surface area contributed by atoms with E-state index in [-0.39, 0.29) is 0 Å². The predicted molar refractivity (Wildman–Crippen MR) is 45.7 cm³/mol. The fourth-order valence-electron chi connectivity index (χ4n) is 0.998. The minimum absolute atomic E-state index is 0.507. The first-order valence-corrected chi connectivity index (χ1v) is 4.16. The third-order valence-corrected chi connectivity index (χ3v) is 1.66. The molecule has 66 valence electrons. The quantitative estimate of drug-likeness (QED) is 0.496. The van der Waals surface area contributed by atoms with Crippen LogP contribution >= 0.6 is 0 Å². The highest BCUT2D eigenvalue weighted by atomic mass is 16.5. The highest BCUT2D eigenvalue weighted by Gasteiger charge is 2.05. The van der Waals surface area contributed by atoms with Crippen LogP contribution in [0.3, 0.4) is 0 Å². The molecule has 0 amide bonds. The molecule has 1 N–H and O–H groups in total. The minimum atomic E-state index is 0.507. The number of hydrogen-bond acceptors (Lipinski definition) is 4. The Kier molecular flexibility index (Phi) is 4.17. The highest BCUT2D eigenvalue weighted by molar-refractivity contribution is 5.84. The fourth-order valence-corrected chi connectivity index (χ4v) is 0.998. The Hall–Kier alpha value is -1.08. The molecular formula is C8H13N3O. The van der Waals surface area contributed by atoms with Crippen molar-refractivity contribution in [2.24, 2.45) is 5.10 Å².